The molecular weight excluding hydrogens is 437 g/mol. The van der Waals surface area contributed by atoms with Crippen molar-refractivity contribution in [2.45, 2.75) is 13.3 Å². The quantitative estimate of drug-likeness (QED) is 0.394. The van der Waals surface area contributed by atoms with Crippen LogP contribution in [0.2, 0.25) is 0 Å². The number of hydrogen-bond donors (Lipinski definition) is 0. The minimum atomic E-state index is -0.563. The summed E-state index contributed by atoms with van der Waals surface area (Å²) in [6, 6.07) is 7.34. The summed E-state index contributed by atoms with van der Waals surface area (Å²) in [7, 11) is 4.79. The van der Waals surface area contributed by atoms with Gasteiger partial charge in [-0.2, -0.15) is 0 Å². The van der Waals surface area contributed by atoms with Gasteiger partial charge in [0.05, 0.1) is 48.9 Å². The molecule has 5 aromatic rings. The number of methoxy groups -OCH3 is 2. The summed E-state index contributed by atoms with van der Waals surface area (Å²) in [5.74, 6) is 0.525. The molecule has 4 heterocycles. The molecule has 0 unspecified atom stereocenters. The van der Waals surface area contributed by atoms with Crippen LogP contribution in [-0.4, -0.2) is 38.3 Å². The van der Waals surface area contributed by atoms with Gasteiger partial charge in [-0.25, -0.2) is 14.2 Å². The van der Waals surface area contributed by atoms with Gasteiger partial charge in [-0.15, -0.1) is 0 Å². The van der Waals surface area contributed by atoms with Crippen LogP contribution in [-0.2, 0) is 13.5 Å². The molecule has 34 heavy (non-hydrogen) atoms. The molecule has 0 spiro atoms. The SMILES string of the molecule is CCc1cncc(F)c1-n1c(=O)n(C)c2cnc3cc(OC)c(-c4ccc(OC)nc4)cc3c21. The van der Waals surface area contributed by atoms with Crippen LogP contribution in [0, 0.1) is 5.82 Å². The Bertz CT molecular complexity index is 1610. The van der Waals surface area contributed by atoms with Crippen LogP contribution in [0.3, 0.4) is 0 Å². The molecule has 0 amide bonds. The van der Waals surface area contributed by atoms with E-state index in [1.54, 1.807) is 52.0 Å². The second-order valence-electron chi connectivity index (χ2n) is 7.81. The molecule has 9 heteroatoms. The molecule has 0 saturated heterocycles. The third-order valence-corrected chi connectivity index (χ3v) is 6.01. The summed E-state index contributed by atoms with van der Waals surface area (Å²) in [5.41, 5.74) is 3.77. The van der Waals surface area contributed by atoms with Crippen LogP contribution in [0.25, 0.3) is 38.8 Å². The Morgan fingerprint density at radius 3 is 2.53 bits per heavy atom. The summed E-state index contributed by atoms with van der Waals surface area (Å²) in [5, 5.41) is 0.681. The molecule has 0 saturated carbocycles. The van der Waals surface area contributed by atoms with E-state index in [4.69, 9.17) is 9.47 Å². The predicted molar refractivity (Wildman–Crippen MR) is 127 cm³/mol. The zero-order valence-corrected chi connectivity index (χ0v) is 19.2. The monoisotopic (exact) mass is 459 g/mol. The second kappa shape index (κ2) is 8.26. The van der Waals surface area contributed by atoms with Gasteiger partial charge in [-0.3, -0.25) is 19.1 Å². The highest BCUT2D eigenvalue weighted by Gasteiger charge is 2.22. The van der Waals surface area contributed by atoms with E-state index in [0.29, 0.717) is 45.6 Å². The van der Waals surface area contributed by atoms with Crippen molar-refractivity contribution < 1.29 is 13.9 Å². The topological polar surface area (TPSA) is 84.1 Å². The third-order valence-electron chi connectivity index (χ3n) is 6.01. The number of ether oxygens (including phenoxy) is 2. The van der Waals surface area contributed by atoms with E-state index in [2.05, 4.69) is 15.0 Å². The normalized spacial score (nSPS) is 11.3. The minimum Gasteiger partial charge on any atom is -0.496 e. The predicted octanol–water partition coefficient (Wildman–Crippen LogP) is 4.05. The number of rotatable bonds is 5. The van der Waals surface area contributed by atoms with Gasteiger partial charge in [-0.1, -0.05) is 6.92 Å². The molecule has 4 aromatic heterocycles. The lowest BCUT2D eigenvalue weighted by atomic mass is 10.0. The molecule has 0 bridgehead atoms. The Morgan fingerprint density at radius 1 is 1.03 bits per heavy atom. The molecule has 0 fully saturated rings. The first kappa shape index (κ1) is 21.6. The first-order valence-corrected chi connectivity index (χ1v) is 10.7. The van der Waals surface area contributed by atoms with Crippen LogP contribution in [0.15, 0.2) is 53.8 Å². The summed E-state index contributed by atoms with van der Waals surface area (Å²) >= 11 is 0. The molecule has 0 atom stereocenters. The van der Waals surface area contributed by atoms with Crippen LogP contribution >= 0.6 is 0 Å². The smallest absolute Gasteiger partial charge is 0.333 e. The maximum Gasteiger partial charge on any atom is 0.333 e. The van der Waals surface area contributed by atoms with E-state index in [0.717, 1.165) is 17.3 Å². The van der Waals surface area contributed by atoms with E-state index in [9.17, 15) is 4.79 Å². The van der Waals surface area contributed by atoms with Gasteiger partial charge in [0, 0.05) is 48.1 Å². The number of imidazole rings is 1. The Kier molecular flexibility index (Phi) is 5.24. The summed E-state index contributed by atoms with van der Waals surface area (Å²) in [4.78, 5) is 26.2. The molecule has 0 radical (unpaired) electrons. The zero-order valence-electron chi connectivity index (χ0n) is 19.2. The van der Waals surface area contributed by atoms with Gasteiger partial charge in [0.15, 0.2) is 5.82 Å². The van der Waals surface area contributed by atoms with E-state index < -0.39 is 5.82 Å². The fourth-order valence-electron chi connectivity index (χ4n) is 4.26. The lowest BCUT2D eigenvalue weighted by Crippen LogP contribution is -2.22. The number of aryl methyl sites for hydroxylation is 2. The lowest BCUT2D eigenvalue weighted by molar-refractivity contribution is 0.398. The van der Waals surface area contributed by atoms with E-state index in [1.807, 2.05) is 19.1 Å². The molecule has 0 N–H and O–H groups in total. The summed E-state index contributed by atoms with van der Waals surface area (Å²) in [6.45, 7) is 1.90. The van der Waals surface area contributed by atoms with E-state index >= 15 is 4.39 Å². The van der Waals surface area contributed by atoms with Crippen molar-refractivity contribution >= 4 is 21.9 Å². The van der Waals surface area contributed by atoms with Gasteiger partial charge in [0.25, 0.3) is 0 Å². The van der Waals surface area contributed by atoms with Gasteiger partial charge < -0.3 is 9.47 Å². The number of benzene rings is 1. The van der Waals surface area contributed by atoms with Crippen molar-refractivity contribution in [2.24, 2.45) is 7.05 Å². The standard InChI is InChI=1S/C25H22FN5O3/c1-5-14-10-27-12-18(26)23(14)31-24-17-8-16(15-6-7-22(34-4)29-11-15)21(33-3)9-19(17)28-13-20(24)30(2)25(31)32/h6-13H,5H2,1-4H3. The van der Waals surface area contributed by atoms with E-state index in [1.165, 1.54) is 9.13 Å². The van der Waals surface area contributed by atoms with Crippen molar-refractivity contribution in [1.82, 2.24) is 24.1 Å². The first-order valence-electron chi connectivity index (χ1n) is 10.7. The highest BCUT2D eigenvalue weighted by atomic mass is 19.1. The highest BCUT2D eigenvalue weighted by Crippen LogP contribution is 2.37. The van der Waals surface area contributed by atoms with Gasteiger partial charge in [-0.05, 0) is 24.1 Å². The Morgan fingerprint density at radius 2 is 1.85 bits per heavy atom. The molecule has 5 rings (SSSR count). The molecule has 1 aromatic carbocycles. The van der Waals surface area contributed by atoms with E-state index in [-0.39, 0.29) is 11.4 Å². The number of fused-ring (bicyclic) bond motifs is 3. The van der Waals surface area contributed by atoms with Crippen molar-refractivity contribution in [1.29, 1.82) is 0 Å². The maximum atomic E-state index is 15.1. The fraction of sp³-hybridized carbons (Fsp3) is 0.200. The maximum absolute atomic E-state index is 15.1. The van der Waals surface area contributed by atoms with Crippen molar-refractivity contribution in [3.63, 3.8) is 0 Å². The number of nitrogens with zero attached hydrogens (tertiary/aromatic N) is 5. The van der Waals surface area contributed by atoms with Crippen LogP contribution in [0.4, 0.5) is 4.39 Å². The molecule has 8 nitrogen and oxygen atoms in total. The number of pyridine rings is 3. The molecule has 172 valence electrons. The number of halogens is 1. The average Bonchev–Trinajstić information content (AvgIpc) is 3.12. The van der Waals surface area contributed by atoms with Crippen LogP contribution in [0.5, 0.6) is 11.6 Å². The molecule has 0 aliphatic rings. The van der Waals surface area contributed by atoms with Crippen LogP contribution < -0.4 is 15.2 Å². The van der Waals surface area contributed by atoms with Crippen molar-refractivity contribution in [2.75, 3.05) is 14.2 Å². The molecule has 0 aliphatic carbocycles. The summed E-state index contributed by atoms with van der Waals surface area (Å²) < 4.78 is 28.8. The first-order chi connectivity index (χ1) is 16.5. The van der Waals surface area contributed by atoms with Gasteiger partial charge in [0.1, 0.15) is 5.75 Å². The third kappa shape index (κ3) is 3.20. The number of aromatic nitrogens is 5. The average molecular weight is 459 g/mol. The highest BCUT2D eigenvalue weighted by molar-refractivity contribution is 6.05. The second-order valence-corrected chi connectivity index (χ2v) is 7.81. The van der Waals surface area contributed by atoms with Crippen LogP contribution in [0.1, 0.15) is 12.5 Å². The Hall–Kier alpha value is -4.27. The fourth-order valence-corrected chi connectivity index (χ4v) is 4.26. The van der Waals surface area contributed by atoms with Gasteiger partial charge in [0.2, 0.25) is 5.88 Å². The van der Waals surface area contributed by atoms with Gasteiger partial charge >= 0.3 is 5.69 Å². The molecular formula is C25H22FN5O3. The van der Waals surface area contributed by atoms with Crippen molar-refractivity contribution in [3.05, 3.63) is 70.9 Å². The Labute approximate surface area is 194 Å². The molecule has 0 aliphatic heterocycles. The lowest BCUT2D eigenvalue weighted by Gasteiger charge is -2.13. The number of hydrogen-bond acceptors (Lipinski definition) is 6. The van der Waals surface area contributed by atoms with Crippen molar-refractivity contribution in [3.8, 4) is 28.4 Å². The Balaban J connectivity index is 1.91. The zero-order chi connectivity index (χ0) is 24.0. The minimum absolute atomic E-state index is 0.198. The summed E-state index contributed by atoms with van der Waals surface area (Å²) in [6.07, 6.45) is 6.54. The largest absolute Gasteiger partial charge is 0.496 e.